The highest BCUT2D eigenvalue weighted by molar-refractivity contribution is 5.71. The maximum Gasteiger partial charge on any atom is 0.310 e. The SMILES string of the molecule is CC/C=C\C/C=C\C/C=C\C/C=C\C/C=C\CC(=O)OC(COC(=O)CCCCCCCCCCCCC/C=C\C/C=C\CCCCCCC)COC1OC(COC2OC(CO)C(O)C(O)C2O)C(O)C(O)C1O. The maximum atomic E-state index is 13.0. The van der Waals surface area contributed by atoms with Crippen LogP contribution >= 0.6 is 0 Å². The van der Waals surface area contributed by atoms with Crippen LogP contribution in [0.5, 0.6) is 0 Å². The molecule has 7 N–H and O–H groups in total. The lowest BCUT2D eigenvalue weighted by Gasteiger charge is -2.42. The summed E-state index contributed by atoms with van der Waals surface area (Å²) in [5.74, 6) is -1.08. The van der Waals surface area contributed by atoms with E-state index in [1.54, 1.807) is 6.08 Å². The molecule has 2 fully saturated rings. The third kappa shape index (κ3) is 31.7. The molecule has 2 rings (SSSR count). The molecule has 0 spiro atoms. The van der Waals surface area contributed by atoms with Crippen molar-refractivity contribution < 1.29 is 73.8 Å². The van der Waals surface area contributed by atoms with E-state index in [-0.39, 0.29) is 19.4 Å². The maximum absolute atomic E-state index is 13.0. The molecule has 0 saturated carbocycles. The van der Waals surface area contributed by atoms with Crippen LogP contribution in [-0.2, 0) is 38.0 Å². The van der Waals surface area contributed by atoms with Crippen LogP contribution in [-0.4, -0.2) is 142 Å². The number of unbranched alkanes of at least 4 members (excludes halogenated alkanes) is 16. The highest BCUT2D eigenvalue weighted by Gasteiger charge is 2.47. The lowest BCUT2D eigenvalue weighted by atomic mass is 9.98. The number of allylic oxidation sites excluding steroid dienone is 13. The Balaban J connectivity index is 1.77. The van der Waals surface area contributed by atoms with Crippen LogP contribution in [0.2, 0.25) is 0 Å². The fourth-order valence-electron chi connectivity index (χ4n) is 8.32. The van der Waals surface area contributed by atoms with Crippen molar-refractivity contribution in [2.45, 2.75) is 248 Å². The molecule has 11 atom stereocenters. The molecule has 424 valence electrons. The summed E-state index contributed by atoms with van der Waals surface area (Å²) < 4.78 is 33.5. The summed E-state index contributed by atoms with van der Waals surface area (Å²) in [6.07, 6.45) is 39.3. The van der Waals surface area contributed by atoms with Gasteiger partial charge < -0.3 is 64.2 Å². The number of hydrogen-bond donors (Lipinski definition) is 7. The fraction of sp³-hybridized carbons (Fsp3) is 0.729. The van der Waals surface area contributed by atoms with Gasteiger partial charge in [0.15, 0.2) is 18.7 Å². The lowest BCUT2D eigenvalue weighted by Crippen LogP contribution is -2.61. The zero-order valence-corrected chi connectivity index (χ0v) is 45.0. The first kappa shape index (κ1) is 66.8. The van der Waals surface area contributed by atoms with Crippen molar-refractivity contribution in [2.75, 3.05) is 26.4 Å². The van der Waals surface area contributed by atoms with Gasteiger partial charge in [0, 0.05) is 6.42 Å². The van der Waals surface area contributed by atoms with Crippen molar-refractivity contribution in [1.82, 2.24) is 0 Å². The van der Waals surface area contributed by atoms with Crippen LogP contribution < -0.4 is 0 Å². The van der Waals surface area contributed by atoms with Crippen molar-refractivity contribution in [3.8, 4) is 0 Å². The van der Waals surface area contributed by atoms with Gasteiger partial charge in [-0.15, -0.1) is 0 Å². The number of carbonyl (C=O) groups excluding carboxylic acids is 2. The van der Waals surface area contributed by atoms with Crippen molar-refractivity contribution >= 4 is 11.9 Å². The molecule has 2 aliphatic rings. The van der Waals surface area contributed by atoms with Crippen LogP contribution in [0.1, 0.15) is 181 Å². The molecule has 15 heteroatoms. The molecule has 74 heavy (non-hydrogen) atoms. The van der Waals surface area contributed by atoms with Gasteiger partial charge in [-0.2, -0.15) is 0 Å². The van der Waals surface area contributed by atoms with Crippen LogP contribution in [0.15, 0.2) is 85.1 Å². The fourth-order valence-corrected chi connectivity index (χ4v) is 8.32. The van der Waals surface area contributed by atoms with Gasteiger partial charge in [-0.3, -0.25) is 9.59 Å². The van der Waals surface area contributed by atoms with Crippen molar-refractivity contribution in [1.29, 1.82) is 0 Å². The summed E-state index contributed by atoms with van der Waals surface area (Å²) in [7, 11) is 0. The molecule has 11 unspecified atom stereocenters. The molecule has 2 aliphatic heterocycles. The van der Waals surface area contributed by atoms with Crippen LogP contribution in [0.3, 0.4) is 0 Å². The normalized spacial score (nSPS) is 25.3. The molecule has 15 nitrogen and oxygen atoms in total. The number of rotatable bonds is 43. The first-order valence-corrected chi connectivity index (χ1v) is 28.2. The molecular weight excluding hydrogens is 949 g/mol. The van der Waals surface area contributed by atoms with Gasteiger partial charge in [-0.25, -0.2) is 0 Å². The molecule has 0 aliphatic carbocycles. The number of carbonyl (C=O) groups is 2. The van der Waals surface area contributed by atoms with Crippen LogP contribution in [0.4, 0.5) is 0 Å². The molecular formula is C59H98O15. The average Bonchev–Trinajstić information content (AvgIpc) is 3.39. The van der Waals surface area contributed by atoms with E-state index in [2.05, 4.69) is 74.6 Å². The molecule has 2 heterocycles. The number of esters is 2. The van der Waals surface area contributed by atoms with Gasteiger partial charge in [0.25, 0.3) is 0 Å². The van der Waals surface area contributed by atoms with E-state index in [9.17, 15) is 45.3 Å². The Morgan fingerprint density at radius 1 is 0.459 bits per heavy atom. The van der Waals surface area contributed by atoms with Gasteiger partial charge >= 0.3 is 11.9 Å². The Bertz CT molecular complexity index is 1610. The highest BCUT2D eigenvalue weighted by atomic mass is 16.7. The second-order valence-electron chi connectivity index (χ2n) is 19.4. The summed E-state index contributed by atoms with van der Waals surface area (Å²) in [5, 5.41) is 72.2. The molecule has 0 aromatic heterocycles. The first-order valence-electron chi connectivity index (χ1n) is 28.2. The van der Waals surface area contributed by atoms with E-state index >= 15 is 0 Å². The van der Waals surface area contributed by atoms with E-state index in [1.807, 2.05) is 18.2 Å². The summed E-state index contributed by atoms with van der Waals surface area (Å²) in [6, 6.07) is 0. The lowest BCUT2D eigenvalue weighted by molar-refractivity contribution is -0.332. The number of aliphatic hydroxyl groups excluding tert-OH is 7. The predicted octanol–water partition coefficient (Wildman–Crippen LogP) is 9.16. The quantitative estimate of drug-likeness (QED) is 0.0172. The van der Waals surface area contributed by atoms with Gasteiger partial charge in [-0.1, -0.05) is 182 Å². The third-order valence-electron chi connectivity index (χ3n) is 12.9. The summed E-state index contributed by atoms with van der Waals surface area (Å²) in [4.78, 5) is 25.8. The van der Waals surface area contributed by atoms with Crippen molar-refractivity contribution in [3.63, 3.8) is 0 Å². The van der Waals surface area contributed by atoms with Gasteiger partial charge in [-0.05, 0) is 70.6 Å². The Morgan fingerprint density at radius 3 is 1.41 bits per heavy atom. The smallest absolute Gasteiger partial charge is 0.310 e. The summed E-state index contributed by atoms with van der Waals surface area (Å²) >= 11 is 0. The number of hydrogen-bond acceptors (Lipinski definition) is 15. The molecule has 0 bridgehead atoms. The molecule has 0 aromatic carbocycles. The van der Waals surface area contributed by atoms with E-state index in [4.69, 9.17) is 28.4 Å². The Kier molecular flexibility index (Phi) is 40.4. The van der Waals surface area contributed by atoms with Gasteiger partial charge in [0.05, 0.1) is 26.2 Å². The Hall–Kier alpha value is -3.32. The standard InChI is InChI=1S/C59H98O15/c1-3-5-7-9-11-13-15-17-19-20-21-22-23-24-25-26-28-29-31-33-35-37-39-41-50(61)69-44-47(72-51(62)42-40-38-36-34-32-30-27-18-16-14-12-10-8-6-4-2)45-70-58-57(68)55(66)53(64)49(74-58)46-71-59-56(67)54(65)52(63)48(43-60)73-59/h6,8,12,14-15,17-18,20-21,27,32,34,38,40,47-49,52-60,63-68H,3-5,7,9-11,13,16,19,22-26,28-31,33,35-37,39,41-46H2,1-2H3/b8-6-,14-12-,17-15-,21-20-,27-18-,34-32-,40-38-. The monoisotopic (exact) mass is 1050 g/mol. The second kappa shape index (κ2) is 44.8. The minimum Gasteiger partial charge on any atom is -0.462 e. The highest BCUT2D eigenvalue weighted by Crippen LogP contribution is 2.26. The minimum absolute atomic E-state index is 0.0710. The van der Waals surface area contributed by atoms with E-state index in [0.29, 0.717) is 12.8 Å². The molecule has 0 amide bonds. The zero-order valence-electron chi connectivity index (χ0n) is 45.0. The average molecular weight is 1050 g/mol. The molecule has 0 radical (unpaired) electrons. The van der Waals surface area contributed by atoms with Crippen LogP contribution in [0.25, 0.3) is 0 Å². The summed E-state index contributed by atoms with van der Waals surface area (Å²) in [5.41, 5.74) is 0. The zero-order chi connectivity index (χ0) is 53.9. The number of ether oxygens (including phenoxy) is 6. The Labute approximate surface area is 444 Å². The third-order valence-corrected chi connectivity index (χ3v) is 12.9. The van der Waals surface area contributed by atoms with Gasteiger partial charge in [0.2, 0.25) is 0 Å². The van der Waals surface area contributed by atoms with E-state index < -0.39 is 99.3 Å². The topological polar surface area (TPSA) is 231 Å². The molecule has 0 aromatic rings. The minimum atomic E-state index is -1.79. The largest absolute Gasteiger partial charge is 0.462 e. The van der Waals surface area contributed by atoms with Crippen molar-refractivity contribution in [2.24, 2.45) is 0 Å². The van der Waals surface area contributed by atoms with E-state index in [0.717, 1.165) is 57.8 Å². The predicted molar refractivity (Wildman–Crippen MR) is 289 cm³/mol. The second-order valence-corrected chi connectivity index (χ2v) is 19.4. The molecule has 2 saturated heterocycles. The first-order chi connectivity index (χ1) is 36.0. The van der Waals surface area contributed by atoms with Gasteiger partial charge in [0.1, 0.15) is 55.4 Å². The Morgan fingerprint density at radius 2 is 0.892 bits per heavy atom. The number of aliphatic hydroxyl groups is 7. The summed E-state index contributed by atoms with van der Waals surface area (Å²) in [6.45, 7) is 2.36. The van der Waals surface area contributed by atoms with E-state index in [1.165, 1.54) is 83.5 Å². The van der Waals surface area contributed by atoms with Crippen molar-refractivity contribution in [3.05, 3.63) is 85.1 Å². The van der Waals surface area contributed by atoms with Crippen LogP contribution in [0, 0.1) is 0 Å².